The number of nitrogens with one attached hydrogen (secondary N) is 2. The number of hydrogen-bond acceptors (Lipinski definition) is 4. The monoisotopic (exact) mass is 401 g/mol. The molecule has 3 rings (SSSR count). The van der Waals surface area contributed by atoms with Gasteiger partial charge in [0.1, 0.15) is 5.75 Å². The Morgan fingerprint density at radius 3 is 2.83 bits per heavy atom. The van der Waals surface area contributed by atoms with Crippen molar-refractivity contribution in [3.8, 4) is 5.75 Å². The molecule has 2 N–H and O–H groups in total. The van der Waals surface area contributed by atoms with Crippen LogP contribution in [0.3, 0.4) is 0 Å². The molecule has 0 aromatic heterocycles. The summed E-state index contributed by atoms with van der Waals surface area (Å²) in [6.45, 7) is 7.38. The van der Waals surface area contributed by atoms with E-state index < -0.39 is 0 Å². The molecule has 2 aliphatic rings. The Morgan fingerprint density at radius 2 is 2.07 bits per heavy atom. The van der Waals surface area contributed by atoms with Gasteiger partial charge in [0.25, 0.3) is 5.91 Å². The second kappa shape index (κ2) is 10.6. The van der Waals surface area contributed by atoms with Gasteiger partial charge in [0.15, 0.2) is 0 Å². The first-order valence-corrected chi connectivity index (χ1v) is 11.1. The summed E-state index contributed by atoms with van der Waals surface area (Å²) >= 11 is 0. The molecule has 1 saturated carbocycles. The summed E-state index contributed by atoms with van der Waals surface area (Å²) in [4.78, 5) is 27.5. The lowest BCUT2D eigenvalue weighted by Gasteiger charge is -2.25. The number of nitrogens with zero attached hydrogens (tertiary/aromatic N) is 1. The predicted molar refractivity (Wildman–Crippen MR) is 114 cm³/mol. The van der Waals surface area contributed by atoms with Crippen LogP contribution < -0.4 is 15.4 Å². The SMILES string of the molecule is CC(C)CCN1CC(=O)NCCCCCOc2cccc(C(=O)NC3CC3)c2C1. The summed E-state index contributed by atoms with van der Waals surface area (Å²) < 4.78 is 6.10. The molecule has 1 aliphatic heterocycles. The Morgan fingerprint density at radius 1 is 1.24 bits per heavy atom. The van der Waals surface area contributed by atoms with E-state index in [2.05, 4.69) is 29.4 Å². The standard InChI is InChI=1S/C23H35N3O3/c1-17(2)11-13-26-15-20-19(23(28)25-18-9-10-18)7-6-8-21(20)29-14-5-3-4-12-24-22(27)16-26/h6-8,17-18H,3-5,9-16H2,1-2H3,(H,24,27)(H,25,28). The molecule has 0 atom stereocenters. The van der Waals surface area contributed by atoms with E-state index in [4.69, 9.17) is 4.74 Å². The minimum absolute atomic E-state index is 0.0365. The third-order valence-electron chi connectivity index (χ3n) is 5.46. The lowest BCUT2D eigenvalue weighted by atomic mass is 10.0. The van der Waals surface area contributed by atoms with Gasteiger partial charge in [-0.05, 0) is 63.1 Å². The normalized spacial score (nSPS) is 19.2. The Balaban J connectivity index is 1.86. The topological polar surface area (TPSA) is 70.7 Å². The molecule has 0 bridgehead atoms. The highest BCUT2D eigenvalue weighted by atomic mass is 16.5. The first-order valence-electron chi connectivity index (χ1n) is 11.1. The van der Waals surface area contributed by atoms with Crippen LogP contribution in [0.2, 0.25) is 0 Å². The second-order valence-corrected chi connectivity index (χ2v) is 8.68. The molecule has 6 heteroatoms. The van der Waals surface area contributed by atoms with Gasteiger partial charge in [0.2, 0.25) is 5.91 Å². The van der Waals surface area contributed by atoms with Crippen LogP contribution in [0.5, 0.6) is 5.75 Å². The maximum absolute atomic E-state index is 12.9. The highest BCUT2D eigenvalue weighted by Crippen LogP contribution is 2.27. The molecule has 2 amide bonds. The van der Waals surface area contributed by atoms with Crippen LogP contribution in [0, 0.1) is 5.92 Å². The molecule has 0 radical (unpaired) electrons. The third kappa shape index (κ3) is 7.03. The number of fused-ring (bicyclic) bond motifs is 1. The number of amides is 2. The first kappa shape index (κ1) is 21.6. The van der Waals surface area contributed by atoms with Crippen LogP contribution in [0.15, 0.2) is 18.2 Å². The number of benzene rings is 1. The number of ether oxygens (including phenoxy) is 1. The molecule has 1 fully saturated rings. The highest BCUT2D eigenvalue weighted by Gasteiger charge is 2.26. The van der Waals surface area contributed by atoms with E-state index in [9.17, 15) is 9.59 Å². The maximum Gasteiger partial charge on any atom is 0.251 e. The number of carbonyl (C=O) groups excluding carboxylic acids is 2. The predicted octanol–water partition coefficient (Wildman–Crippen LogP) is 3.11. The highest BCUT2D eigenvalue weighted by molar-refractivity contribution is 5.96. The zero-order chi connectivity index (χ0) is 20.6. The Bertz CT molecular complexity index is 701. The Kier molecular flexibility index (Phi) is 7.92. The van der Waals surface area contributed by atoms with E-state index >= 15 is 0 Å². The van der Waals surface area contributed by atoms with Gasteiger partial charge < -0.3 is 15.4 Å². The molecular formula is C23H35N3O3. The Labute approximate surface area is 174 Å². The zero-order valence-corrected chi connectivity index (χ0v) is 17.8. The van der Waals surface area contributed by atoms with Crippen LogP contribution in [0.1, 0.15) is 68.3 Å². The van der Waals surface area contributed by atoms with Gasteiger partial charge >= 0.3 is 0 Å². The van der Waals surface area contributed by atoms with Gasteiger partial charge in [0, 0.05) is 30.3 Å². The first-order chi connectivity index (χ1) is 14.0. The molecular weight excluding hydrogens is 366 g/mol. The minimum Gasteiger partial charge on any atom is -0.493 e. The van der Waals surface area contributed by atoms with Crippen molar-refractivity contribution in [2.75, 3.05) is 26.2 Å². The van der Waals surface area contributed by atoms with Crippen LogP contribution in [-0.4, -0.2) is 49.0 Å². The van der Waals surface area contributed by atoms with Crippen molar-refractivity contribution in [1.82, 2.24) is 15.5 Å². The summed E-state index contributed by atoms with van der Waals surface area (Å²) in [6, 6.07) is 6.02. The maximum atomic E-state index is 12.9. The van der Waals surface area contributed by atoms with Gasteiger partial charge in [-0.1, -0.05) is 19.9 Å². The second-order valence-electron chi connectivity index (χ2n) is 8.68. The Hall–Kier alpha value is -2.08. The van der Waals surface area contributed by atoms with Crippen molar-refractivity contribution in [2.45, 2.75) is 65.0 Å². The van der Waals surface area contributed by atoms with Gasteiger partial charge in [0.05, 0.1) is 13.2 Å². The van der Waals surface area contributed by atoms with E-state index in [-0.39, 0.29) is 11.8 Å². The fourth-order valence-corrected chi connectivity index (χ4v) is 3.52. The average molecular weight is 402 g/mol. The van der Waals surface area contributed by atoms with Gasteiger partial charge in [-0.15, -0.1) is 0 Å². The summed E-state index contributed by atoms with van der Waals surface area (Å²) in [7, 11) is 0. The molecule has 160 valence electrons. The van der Waals surface area contributed by atoms with Crippen molar-refractivity contribution in [3.63, 3.8) is 0 Å². The molecule has 6 nitrogen and oxygen atoms in total. The van der Waals surface area contributed by atoms with Crippen LogP contribution >= 0.6 is 0 Å². The summed E-state index contributed by atoms with van der Waals surface area (Å²) in [5.74, 6) is 1.33. The molecule has 1 aliphatic carbocycles. The molecule has 0 unspecified atom stereocenters. The molecule has 29 heavy (non-hydrogen) atoms. The lowest BCUT2D eigenvalue weighted by molar-refractivity contribution is -0.122. The fraction of sp³-hybridized carbons (Fsp3) is 0.652. The number of carbonyl (C=O) groups is 2. The van der Waals surface area contributed by atoms with Crippen molar-refractivity contribution >= 4 is 11.8 Å². The molecule has 0 spiro atoms. The van der Waals surface area contributed by atoms with E-state index in [1.54, 1.807) is 0 Å². The van der Waals surface area contributed by atoms with E-state index in [1.165, 1.54) is 0 Å². The van der Waals surface area contributed by atoms with E-state index in [1.807, 2.05) is 18.2 Å². The quantitative estimate of drug-likeness (QED) is 0.795. The number of rotatable bonds is 5. The van der Waals surface area contributed by atoms with Crippen LogP contribution in [0.4, 0.5) is 0 Å². The van der Waals surface area contributed by atoms with Crippen molar-refractivity contribution in [3.05, 3.63) is 29.3 Å². The average Bonchev–Trinajstić information content (AvgIpc) is 3.49. The van der Waals surface area contributed by atoms with Crippen molar-refractivity contribution in [2.24, 2.45) is 5.92 Å². The molecule has 0 saturated heterocycles. The van der Waals surface area contributed by atoms with E-state index in [0.717, 1.165) is 56.4 Å². The van der Waals surface area contributed by atoms with Gasteiger partial charge in [-0.3, -0.25) is 14.5 Å². The molecule has 1 heterocycles. The number of hydrogen-bond donors (Lipinski definition) is 2. The smallest absolute Gasteiger partial charge is 0.251 e. The third-order valence-corrected chi connectivity index (χ3v) is 5.46. The largest absolute Gasteiger partial charge is 0.493 e. The van der Waals surface area contributed by atoms with Crippen molar-refractivity contribution < 1.29 is 14.3 Å². The van der Waals surface area contributed by atoms with Gasteiger partial charge in [-0.2, -0.15) is 0 Å². The summed E-state index contributed by atoms with van der Waals surface area (Å²) in [6.07, 6.45) is 6.01. The minimum atomic E-state index is -0.0365. The lowest BCUT2D eigenvalue weighted by Crippen LogP contribution is -2.38. The molecule has 1 aromatic rings. The van der Waals surface area contributed by atoms with Gasteiger partial charge in [-0.25, -0.2) is 0 Å². The van der Waals surface area contributed by atoms with Crippen LogP contribution in [0.25, 0.3) is 0 Å². The van der Waals surface area contributed by atoms with E-state index in [0.29, 0.717) is 43.8 Å². The summed E-state index contributed by atoms with van der Waals surface area (Å²) in [5.41, 5.74) is 1.56. The van der Waals surface area contributed by atoms with Crippen molar-refractivity contribution in [1.29, 1.82) is 0 Å². The van der Waals surface area contributed by atoms with Crippen LogP contribution in [-0.2, 0) is 11.3 Å². The zero-order valence-electron chi connectivity index (χ0n) is 17.8. The fourth-order valence-electron chi connectivity index (χ4n) is 3.52. The molecule has 1 aromatic carbocycles. The summed E-state index contributed by atoms with van der Waals surface area (Å²) in [5, 5.41) is 6.13.